The lowest BCUT2D eigenvalue weighted by Crippen LogP contribution is -2.47. The monoisotopic (exact) mass is 395 g/mol. The number of imide groups is 1. The Labute approximate surface area is 167 Å². The van der Waals surface area contributed by atoms with E-state index < -0.39 is 23.8 Å². The summed E-state index contributed by atoms with van der Waals surface area (Å²) in [6.45, 7) is 4.39. The molecule has 1 aromatic heterocycles. The predicted octanol–water partition coefficient (Wildman–Crippen LogP) is 0.614. The van der Waals surface area contributed by atoms with E-state index in [2.05, 4.69) is 15.3 Å². The summed E-state index contributed by atoms with van der Waals surface area (Å²) in [5, 5.41) is 2.76. The molecule has 2 aliphatic heterocycles. The van der Waals surface area contributed by atoms with Gasteiger partial charge in [0.05, 0.1) is 36.6 Å². The average Bonchev–Trinajstić information content (AvgIpc) is 3.03. The zero-order chi connectivity index (χ0) is 20.4. The molecular formula is C20H21N5O4. The average molecular weight is 395 g/mol. The number of ether oxygens (including phenoxy) is 1. The third-order valence-corrected chi connectivity index (χ3v) is 5.03. The van der Waals surface area contributed by atoms with Crippen molar-refractivity contribution in [3.8, 4) is 0 Å². The van der Waals surface area contributed by atoms with Crippen molar-refractivity contribution in [3.05, 3.63) is 53.3 Å². The SMILES string of the molecule is CC(C(=O)NCc1ccnc(N2CCOCC2)n1)N1C(=O)c2ccccc2C1=O. The van der Waals surface area contributed by atoms with Crippen molar-refractivity contribution in [2.75, 3.05) is 31.2 Å². The van der Waals surface area contributed by atoms with Crippen LogP contribution in [0.5, 0.6) is 0 Å². The highest BCUT2D eigenvalue weighted by Gasteiger charge is 2.40. The summed E-state index contributed by atoms with van der Waals surface area (Å²) in [7, 11) is 0. The molecular weight excluding hydrogens is 374 g/mol. The van der Waals surface area contributed by atoms with Crippen molar-refractivity contribution in [1.29, 1.82) is 0 Å². The van der Waals surface area contributed by atoms with Gasteiger partial charge in [-0.25, -0.2) is 9.97 Å². The number of hydrogen-bond donors (Lipinski definition) is 1. The molecule has 0 aliphatic carbocycles. The van der Waals surface area contributed by atoms with Crippen molar-refractivity contribution in [2.45, 2.75) is 19.5 Å². The van der Waals surface area contributed by atoms with E-state index in [-0.39, 0.29) is 6.54 Å². The second-order valence-corrected chi connectivity index (χ2v) is 6.87. The first-order valence-corrected chi connectivity index (χ1v) is 9.45. The lowest BCUT2D eigenvalue weighted by atomic mass is 10.1. The zero-order valence-corrected chi connectivity index (χ0v) is 16.0. The van der Waals surface area contributed by atoms with E-state index in [9.17, 15) is 14.4 Å². The summed E-state index contributed by atoms with van der Waals surface area (Å²) in [6.07, 6.45) is 1.65. The highest BCUT2D eigenvalue weighted by Crippen LogP contribution is 2.24. The van der Waals surface area contributed by atoms with Gasteiger partial charge < -0.3 is 15.0 Å². The van der Waals surface area contributed by atoms with E-state index in [1.165, 1.54) is 6.92 Å². The van der Waals surface area contributed by atoms with Gasteiger partial charge in [-0.05, 0) is 25.1 Å². The molecule has 1 unspecified atom stereocenters. The molecule has 3 heterocycles. The maximum absolute atomic E-state index is 12.6. The van der Waals surface area contributed by atoms with Gasteiger partial charge in [-0.15, -0.1) is 0 Å². The van der Waals surface area contributed by atoms with E-state index in [4.69, 9.17) is 4.74 Å². The van der Waals surface area contributed by atoms with Crippen molar-refractivity contribution in [2.24, 2.45) is 0 Å². The molecule has 1 saturated heterocycles. The standard InChI is InChI=1S/C20H21N5O4/c1-13(25-18(27)15-4-2-3-5-16(15)19(25)28)17(26)22-12-14-6-7-21-20(23-14)24-8-10-29-11-9-24/h2-7,13H,8-12H2,1H3,(H,22,26). The number of carbonyl (C=O) groups is 3. The molecule has 0 saturated carbocycles. The van der Waals surface area contributed by atoms with Gasteiger partial charge in [0.1, 0.15) is 6.04 Å². The Balaban J connectivity index is 1.40. The maximum Gasteiger partial charge on any atom is 0.262 e. The fraction of sp³-hybridized carbons (Fsp3) is 0.350. The van der Waals surface area contributed by atoms with Gasteiger partial charge in [0.2, 0.25) is 11.9 Å². The molecule has 0 spiro atoms. The summed E-state index contributed by atoms with van der Waals surface area (Å²) < 4.78 is 5.33. The number of hydrogen-bond acceptors (Lipinski definition) is 7. The number of rotatable bonds is 5. The van der Waals surface area contributed by atoms with Gasteiger partial charge in [0.25, 0.3) is 11.8 Å². The first-order chi connectivity index (χ1) is 14.1. The van der Waals surface area contributed by atoms with Crippen LogP contribution in [0.2, 0.25) is 0 Å². The lowest BCUT2D eigenvalue weighted by molar-refractivity contribution is -0.124. The largest absolute Gasteiger partial charge is 0.378 e. The summed E-state index contributed by atoms with van der Waals surface area (Å²) >= 11 is 0. The van der Waals surface area contributed by atoms with Crippen molar-refractivity contribution in [1.82, 2.24) is 20.2 Å². The predicted molar refractivity (Wildman–Crippen MR) is 103 cm³/mol. The number of anilines is 1. The Kier molecular flexibility index (Phi) is 5.22. The van der Waals surface area contributed by atoms with Crippen LogP contribution in [0, 0.1) is 0 Å². The molecule has 1 atom stereocenters. The molecule has 9 nitrogen and oxygen atoms in total. The molecule has 1 aromatic carbocycles. The minimum atomic E-state index is -0.928. The first-order valence-electron chi connectivity index (χ1n) is 9.45. The first kappa shape index (κ1) is 19.0. The molecule has 9 heteroatoms. The second-order valence-electron chi connectivity index (χ2n) is 6.87. The van der Waals surface area contributed by atoms with Gasteiger partial charge in [0, 0.05) is 19.3 Å². The minimum absolute atomic E-state index is 0.173. The molecule has 2 aliphatic rings. The number of amides is 3. The molecule has 150 valence electrons. The van der Waals surface area contributed by atoms with Crippen LogP contribution >= 0.6 is 0 Å². The van der Waals surface area contributed by atoms with Crippen LogP contribution < -0.4 is 10.2 Å². The fourth-order valence-corrected chi connectivity index (χ4v) is 3.40. The van der Waals surface area contributed by atoms with Crippen molar-refractivity contribution < 1.29 is 19.1 Å². The van der Waals surface area contributed by atoms with E-state index in [1.54, 1.807) is 36.5 Å². The summed E-state index contributed by atoms with van der Waals surface area (Å²) in [5.74, 6) is -0.741. The smallest absolute Gasteiger partial charge is 0.262 e. The van der Waals surface area contributed by atoms with Gasteiger partial charge in [-0.2, -0.15) is 0 Å². The highest BCUT2D eigenvalue weighted by molar-refractivity contribution is 6.22. The molecule has 0 radical (unpaired) electrons. The summed E-state index contributed by atoms with van der Waals surface area (Å²) in [5.41, 5.74) is 1.29. The normalized spacial score (nSPS) is 17.3. The number of fused-ring (bicyclic) bond motifs is 1. The summed E-state index contributed by atoms with van der Waals surface area (Å²) in [4.78, 5) is 49.5. The molecule has 3 amide bonds. The van der Waals surface area contributed by atoms with Crippen molar-refractivity contribution in [3.63, 3.8) is 0 Å². The van der Waals surface area contributed by atoms with Crippen LogP contribution in [-0.2, 0) is 16.1 Å². The number of aromatic nitrogens is 2. The Morgan fingerprint density at radius 2 is 1.79 bits per heavy atom. The van der Waals surface area contributed by atoms with E-state index in [1.807, 2.05) is 4.90 Å². The number of nitrogens with one attached hydrogen (secondary N) is 1. The quantitative estimate of drug-likeness (QED) is 0.740. The maximum atomic E-state index is 12.6. The molecule has 29 heavy (non-hydrogen) atoms. The summed E-state index contributed by atoms with van der Waals surface area (Å²) in [6, 6.07) is 7.36. The number of nitrogens with zero attached hydrogens (tertiary/aromatic N) is 4. The molecule has 1 N–H and O–H groups in total. The Hall–Kier alpha value is -3.33. The topological polar surface area (TPSA) is 105 Å². The van der Waals surface area contributed by atoms with Gasteiger partial charge in [0.15, 0.2) is 0 Å². The third kappa shape index (κ3) is 3.68. The number of carbonyl (C=O) groups excluding carboxylic acids is 3. The molecule has 2 aromatic rings. The van der Waals surface area contributed by atoms with Gasteiger partial charge in [-0.3, -0.25) is 19.3 Å². The van der Waals surface area contributed by atoms with Crippen LogP contribution in [-0.4, -0.2) is 64.9 Å². The molecule has 4 rings (SSSR count). The fourth-order valence-electron chi connectivity index (χ4n) is 3.40. The van der Waals surface area contributed by atoms with E-state index in [0.29, 0.717) is 49.1 Å². The lowest BCUT2D eigenvalue weighted by Gasteiger charge is -2.27. The molecule has 1 fully saturated rings. The van der Waals surface area contributed by atoms with Crippen molar-refractivity contribution >= 4 is 23.7 Å². The minimum Gasteiger partial charge on any atom is -0.378 e. The zero-order valence-electron chi connectivity index (χ0n) is 16.0. The number of morpholine rings is 1. The molecule has 0 bridgehead atoms. The van der Waals surface area contributed by atoms with Crippen LogP contribution in [0.3, 0.4) is 0 Å². The van der Waals surface area contributed by atoms with Crippen LogP contribution in [0.25, 0.3) is 0 Å². The Morgan fingerprint density at radius 3 is 2.45 bits per heavy atom. The highest BCUT2D eigenvalue weighted by atomic mass is 16.5. The van der Waals surface area contributed by atoms with E-state index >= 15 is 0 Å². The van der Waals surface area contributed by atoms with Gasteiger partial charge >= 0.3 is 0 Å². The number of benzene rings is 1. The van der Waals surface area contributed by atoms with Crippen LogP contribution in [0.1, 0.15) is 33.3 Å². The third-order valence-electron chi connectivity index (χ3n) is 5.03. The van der Waals surface area contributed by atoms with Gasteiger partial charge in [-0.1, -0.05) is 12.1 Å². The second kappa shape index (κ2) is 7.96. The van der Waals surface area contributed by atoms with Crippen LogP contribution in [0.4, 0.5) is 5.95 Å². The Bertz CT molecular complexity index is 922. The Morgan fingerprint density at radius 1 is 1.14 bits per heavy atom. The van der Waals surface area contributed by atoms with E-state index in [0.717, 1.165) is 4.90 Å². The van der Waals surface area contributed by atoms with Crippen LogP contribution in [0.15, 0.2) is 36.5 Å².